The van der Waals surface area contributed by atoms with Crippen molar-refractivity contribution in [3.8, 4) is 0 Å². The molecular formula is C13H18N2O3. The normalized spacial score (nSPS) is 11.2. The average molecular weight is 250 g/mol. The van der Waals surface area contributed by atoms with E-state index < -0.39 is 5.76 Å². The van der Waals surface area contributed by atoms with Gasteiger partial charge in [-0.05, 0) is 50.0 Å². The molecule has 0 aliphatic heterocycles. The number of oxazole rings is 1. The van der Waals surface area contributed by atoms with E-state index in [2.05, 4.69) is 10.3 Å². The van der Waals surface area contributed by atoms with Crippen LogP contribution in [0.4, 0.5) is 0 Å². The van der Waals surface area contributed by atoms with Gasteiger partial charge in [-0.1, -0.05) is 6.07 Å². The molecular weight excluding hydrogens is 232 g/mol. The minimum atomic E-state index is -0.413. The molecule has 5 heteroatoms. The Hall–Kier alpha value is -1.59. The summed E-state index contributed by atoms with van der Waals surface area (Å²) in [5.41, 5.74) is 2.48. The van der Waals surface area contributed by atoms with E-state index in [-0.39, 0.29) is 6.61 Å². The molecule has 0 unspecified atom stereocenters. The summed E-state index contributed by atoms with van der Waals surface area (Å²) in [6.07, 6.45) is 2.72. The fraction of sp³-hybridized carbons (Fsp3) is 0.462. The van der Waals surface area contributed by atoms with Gasteiger partial charge in [0.05, 0.1) is 5.52 Å². The minimum absolute atomic E-state index is 0.255. The lowest BCUT2D eigenvalue weighted by Gasteiger charge is -2.04. The Balaban J connectivity index is 1.82. The molecule has 0 amide bonds. The van der Waals surface area contributed by atoms with Crippen molar-refractivity contribution in [2.75, 3.05) is 19.7 Å². The zero-order valence-corrected chi connectivity index (χ0v) is 10.2. The molecule has 5 nitrogen and oxygen atoms in total. The van der Waals surface area contributed by atoms with Crippen molar-refractivity contribution < 1.29 is 9.52 Å². The smallest absolute Gasteiger partial charge is 0.408 e. The number of fused-ring (bicyclic) bond motifs is 1. The molecule has 18 heavy (non-hydrogen) atoms. The summed E-state index contributed by atoms with van der Waals surface area (Å²) in [5.74, 6) is -0.413. The number of aromatic nitrogens is 1. The first-order valence-corrected chi connectivity index (χ1v) is 6.23. The maximum Gasteiger partial charge on any atom is 0.417 e. The van der Waals surface area contributed by atoms with Gasteiger partial charge in [0.2, 0.25) is 0 Å². The third-order valence-electron chi connectivity index (χ3n) is 2.84. The quantitative estimate of drug-likeness (QED) is 0.641. The van der Waals surface area contributed by atoms with Crippen molar-refractivity contribution in [2.24, 2.45) is 0 Å². The highest BCUT2D eigenvalue weighted by molar-refractivity contribution is 5.72. The summed E-state index contributed by atoms with van der Waals surface area (Å²) in [7, 11) is 0. The van der Waals surface area contributed by atoms with E-state index in [4.69, 9.17) is 9.52 Å². The Morgan fingerprint density at radius 1 is 1.28 bits per heavy atom. The highest BCUT2D eigenvalue weighted by atomic mass is 16.4. The standard InChI is InChI=1S/C13H18N2O3/c16-8-2-1-6-14-7-5-10-3-4-11-12(9-10)18-13(17)15-11/h3-4,9,14,16H,1-2,5-8H2,(H,15,17). The second kappa shape index (κ2) is 6.37. The number of unbranched alkanes of at least 4 members (excludes halogenated alkanes) is 1. The molecule has 0 radical (unpaired) electrons. The van der Waals surface area contributed by atoms with Gasteiger partial charge < -0.3 is 14.8 Å². The van der Waals surface area contributed by atoms with Crippen molar-refractivity contribution in [3.63, 3.8) is 0 Å². The van der Waals surface area contributed by atoms with E-state index in [0.717, 1.165) is 43.4 Å². The molecule has 0 spiro atoms. The van der Waals surface area contributed by atoms with Crippen LogP contribution < -0.4 is 11.1 Å². The third-order valence-corrected chi connectivity index (χ3v) is 2.84. The van der Waals surface area contributed by atoms with Gasteiger partial charge in [0.1, 0.15) is 0 Å². The van der Waals surface area contributed by atoms with Crippen LogP contribution in [0.15, 0.2) is 27.4 Å². The van der Waals surface area contributed by atoms with E-state index >= 15 is 0 Å². The zero-order chi connectivity index (χ0) is 12.8. The summed E-state index contributed by atoms with van der Waals surface area (Å²) in [4.78, 5) is 13.6. The molecule has 1 aromatic heterocycles. The number of aromatic amines is 1. The third kappa shape index (κ3) is 3.45. The SMILES string of the molecule is O=c1[nH]c2ccc(CCNCCCCO)cc2o1. The van der Waals surface area contributed by atoms with Gasteiger partial charge >= 0.3 is 5.76 Å². The average Bonchev–Trinajstić information content (AvgIpc) is 2.73. The first-order valence-electron chi connectivity index (χ1n) is 6.23. The number of aliphatic hydroxyl groups is 1. The lowest BCUT2D eigenvalue weighted by Crippen LogP contribution is -2.18. The lowest BCUT2D eigenvalue weighted by atomic mass is 10.1. The van der Waals surface area contributed by atoms with Gasteiger partial charge in [-0.2, -0.15) is 0 Å². The molecule has 3 N–H and O–H groups in total. The van der Waals surface area contributed by atoms with Crippen LogP contribution in [0, 0.1) is 0 Å². The Labute approximate surface area is 105 Å². The summed E-state index contributed by atoms with van der Waals surface area (Å²) in [5, 5.41) is 11.9. The predicted molar refractivity (Wildman–Crippen MR) is 69.7 cm³/mol. The second-order valence-corrected chi connectivity index (χ2v) is 4.28. The second-order valence-electron chi connectivity index (χ2n) is 4.28. The Bertz CT molecular complexity index is 544. The molecule has 98 valence electrons. The van der Waals surface area contributed by atoms with Gasteiger partial charge in [-0.15, -0.1) is 0 Å². The molecule has 1 heterocycles. The number of benzene rings is 1. The molecule has 1 aromatic carbocycles. The Kier molecular flexibility index (Phi) is 4.55. The molecule has 0 saturated carbocycles. The topological polar surface area (TPSA) is 78.3 Å². The minimum Gasteiger partial charge on any atom is -0.408 e. The molecule has 0 aliphatic rings. The highest BCUT2D eigenvalue weighted by Crippen LogP contribution is 2.12. The Morgan fingerprint density at radius 2 is 2.17 bits per heavy atom. The fourth-order valence-electron chi connectivity index (χ4n) is 1.86. The molecule has 0 aliphatic carbocycles. The largest absolute Gasteiger partial charge is 0.417 e. The number of rotatable bonds is 7. The summed E-state index contributed by atoms with van der Waals surface area (Å²) in [6, 6.07) is 5.74. The van der Waals surface area contributed by atoms with E-state index in [1.165, 1.54) is 0 Å². The van der Waals surface area contributed by atoms with E-state index in [1.807, 2.05) is 18.2 Å². The van der Waals surface area contributed by atoms with Gasteiger partial charge in [0, 0.05) is 6.61 Å². The van der Waals surface area contributed by atoms with Crippen molar-refractivity contribution in [3.05, 3.63) is 34.3 Å². The predicted octanol–water partition coefficient (Wildman–Crippen LogP) is 1.03. The highest BCUT2D eigenvalue weighted by Gasteiger charge is 2.01. The van der Waals surface area contributed by atoms with Crippen LogP contribution >= 0.6 is 0 Å². The van der Waals surface area contributed by atoms with Crippen LogP contribution in [0.3, 0.4) is 0 Å². The van der Waals surface area contributed by atoms with Crippen molar-refractivity contribution >= 4 is 11.1 Å². The van der Waals surface area contributed by atoms with Crippen LogP contribution in [-0.2, 0) is 6.42 Å². The van der Waals surface area contributed by atoms with Gasteiger partial charge in [-0.3, -0.25) is 4.98 Å². The maximum absolute atomic E-state index is 11.0. The van der Waals surface area contributed by atoms with Crippen LogP contribution in [-0.4, -0.2) is 29.8 Å². The van der Waals surface area contributed by atoms with E-state index in [0.29, 0.717) is 5.58 Å². The van der Waals surface area contributed by atoms with E-state index in [9.17, 15) is 4.79 Å². The van der Waals surface area contributed by atoms with Crippen LogP contribution in [0.5, 0.6) is 0 Å². The molecule has 0 bridgehead atoms. The molecule has 2 aromatic rings. The first-order chi connectivity index (χ1) is 8.79. The van der Waals surface area contributed by atoms with E-state index in [1.54, 1.807) is 0 Å². The first kappa shape index (κ1) is 12.9. The zero-order valence-electron chi connectivity index (χ0n) is 10.2. The van der Waals surface area contributed by atoms with Crippen LogP contribution in [0.1, 0.15) is 18.4 Å². The summed E-state index contributed by atoms with van der Waals surface area (Å²) < 4.78 is 5.01. The molecule has 2 rings (SSSR count). The number of H-pyrrole nitrogens is 1. The van der Waals surface area contributed by atoms with Crippen LogP contribution in [0.25, 0.3) is 11.1 Å². The van der Waals surface area contributed by atoms with Gasteiger partial charge in [-0.25, -0.2) is 4.79 Å². The fourth-order valence-corrected chi connectivity index (χ4v) is 1.86. The maximum atomic E-state index is 11.0. The number of aliphatic hydroxyl groups excluding tert-OH is 1. The van der Waals surface area contributed by atoms with Crippen molar-refractivity contribution in [2.45, 2.75) is 19.3 Å². The lowest BCUT2D eigenvalue weighted by molar-refractivity contribution is 0.284. The molecule has 0 atom stereocenters. The number of hydrogen-bond acceptors (Lipinski definition) is 4. The summed E-state index contributed by atoms with van der Waals surface area (Å²) in [6.45, 7) is 2.05. The van der Waals surface area contributed by atoms with Crippen molar-refractivity contribution in [1.82, 2.24) is 10.3 Å². The van der Waals surface area contributed by atoms with Gasteiger partial charge in [0.15, 0.2) is 5.58 Å². The Morgan fingerprint density at radius 3 is 3.00 bits per heavy atom. The number of nitrogens with one attached hydrogen (secondary N) is 2. The number of hydrogen-bond donors (Lipinski definition) is 3. The molecule has 0 saturated heterocycles. The van der Waals surface area contributed by atoms with Crippen LogP contribution in [0.2, 0.25) is 0 Å². The van der Waals surface area contributed by atoms with Gasteiger partial charge in [0.25, 0.3) is 0 Å². The van der Waals surface area contributed by atoms with Crippen molar-refractivity contribution in [1.29, 1.82) is 0 Å². The molecule has 0 fully saturated rings. The monoisotopic (exact) mass is 250 g/mol. The summed E-state index contributed by atoms with van der Waals surface area (Å²) >= 11 is 0.